The third-order valence-electron chi connectivity index (χ3n) is 7.34. The molecule has 3 rings (SSSR count). The Morgan fingerprint density at radius 2 is 1.97 bits per heavy atom. The number of carbonyl (C=O) groups is 2. The first-order chi connectivity index (χ1) is 15.7. The van der Waals surface area contributed by atoms with Crippen molar-refractivity contribution in [1.82, 2.24) is 4.90 Å². The molecule has 1 aromatic carbocycles. The number of amides is 1. The molecule has 3 N–H and O–H groups in total. The van der Waals surface area contributed by atoms with E-state index in [9.17, 15) is 14.7 Å². The maximum atomic E-state index is 13.2. The largest absolute Gasteiger partial charge is 0.461 e. The van der Waals surface area contributed by atoms with E-state index in [0.717, 1.165) is 25.7 Å². The number of nitrogens with zero attached hydrogens (tertiary/aromatic N) is 1. The third-order valence-corrected chi connectivity index (χ3v) is 7.34. The number of hydrogen-bond acceptors (Lipinski definition) is 6. The smallest absolute Gasteiger partial charge is 0.329 e. The van der Waals surface area contributed by atoms with Crippen LogP contribution in [0.15, 0.2) is 30.3 Å². The van der Waals surface area contributed by atoms with Crippen molar-refractivity contribution in [2.24, 2.45) is 17.6 Å². The molecule has 6 unspecified atom stereocenters. The van der Waals surface area contributed by atoms with E-state index in [-0.39, 0.29) is 36.2 Å². The summed E-state index contributed by atoms with van der Waals surface area (Å²) in [6.45, 7) is 6.38. The summed E-state index contributed by atoms with van der Waals surface area (Å²) < 4.78 is 11.5. The fourth-order valence-corrected chi connectivity index (χ4v) is 5.00. The highest BCUT2D eigenvalue weighted by Gasteiger charge is 2.45. The van der Waals surface area contributed by atoms with Crippen LogP contribution in [0.25, 0.3) is 0 Å². The van der Waals surface area contributed by atoms with Gasteiger partial charge in [0, 0.05) is 12.5 Å². The van der Waals surface area contributed by atoms with Crippen LogP contribution >= 0.6 is 0 Å². The highest BCUT2D eigenvalue weighted by molar-refractivity contribution is 5.85. The van der Waals surface area contributed by atoms with Gasteiger partial charge in [0.1, 0.15) is 18.4 Å². The zero-order chi connectivity index (χ0) is 24.0. The number of likely N-dealkylation sites (tertiary alicyclic amines) is 1. The molecule has 6 atom stereocenters. The lowest BCUT2D eigenvalue weighted by atomic mass is 9.88. The number of benzene rings is 1. The Morgan fingerprint density at radius 1 is 1.24 bits per heavy atom. The van der Waals surface area contributed by atoms with Crippen LogP contribution in [0.3, 0.4) is 0 Å². The molecule has 7 nitrogen and oxygen atoms in total. The number of esters is 1. The van der Waals surface area contributed by atoms with Crippen LogP contribution in [-0.4, -0.2) is 52.6 Å². The minimum atomic E-state index is -1.60. The molecule has 1 aromatic rings. The number of piperidine rings is 1. The molecule has 0 saturated carbocycles. The summed E-state index contributed by atoms with van der Waals surface area (Å²) in [5, 5.41) is 11.0. The van der Waals surface area contributed by atoms with E-state index in [2.05, 4.69) is 19.1 Å². The maximum absolute atomic E-state index is 13.2. The van der Waals surface area contributed by atoms with E-state index in [1.54, 1.807) is 4.90 Å². The molecule has 2 aliphatic heterocycles. The van der Waals surface area contributed by atoms with E-state index >= 15 is 0 Å². The van der Waals surface area contributed by atoms with Crippen molar-refractivity contribution in [3.05, 3.63) is 35.9 Å². The zero-order valence-electron chi connectivity index (χ0n) is 20.2. The molecule has 184 valence electrons. The van der Waals surface area contributed by atoms with Crippen molar-refractivity contribution in [2.45, 2.75) is 96.3 Å². The summed E-state index contributed by atoms with van der Waals surface area (Å²) >= 11 is 0. The molecule has 33 heavy (non-hydrogen) atoms. The van der Waals surface area contributed by atoms with E-state index in [1.165, 1.54) is 5.56 Å². The van der Waals surface area contributed by atoms with Crippen molar-refractivity contribution in [1.29, 1.82) is 0 Å². The Hall–Kier alpha value is -1.96. The van der Waals surface area contributed by atoms with E-state index in [1.807, 2.05) is 32.0 Å². The maximum Gasteiger partial charge on any atom is 0.329 e. The quantitative estimate of drug-likeness (QED) is 0.577. The average Bonchev–Trinajstić information content (AvgIpc) is 2.80. The minimum Gasteiger partial charge on any atom is -0.461 e. The average molecular weight is 461 g/mol. The first kappa shape index (κ1) is 25.7. The van der Waals surface area contributed by atoms with Gasteiger partial charge in [-0.3, -0.25) is 4.79 Å². The fourth-order valence-electron chi connectivity index (χ4n) is 5.00. The van der Waals surface area contributed by atoms with Crippen LogP contribution in [0, 0.1) is 11.8 Å². The van der Waals surface area contributed by atoms with Gasteiger partial charge in [0.2, 0.25) is 5.91 Å². The van der Waals surface area contributed by atoms with Crippen molar-refractivity contribution < 1.29 is 24.2 Å². The van der Waals surface area contributed by atoms with Gasteiger partial charge in [-0.25, -0.2) is 4.79 Å². The summed E-state index contributed by atoms with van der Waals surface area (Å²) in [6.07, 6.45) is 4.27. The summed E-state index contributed by atoms with van der Waals surface area (Å²) in [5.41, 5.74) is 7.09. The van der Waals surface area contributed by atoms with Gasteiger partial charge in [0.25, 0.3) is 0 Å². The Labute approximate surface area is 197 Å². The van der Waals surface area contributed by atoms with Crippen LogP contribution in [0.2, 0.25) is 0 Å². The molecular weight excluding hydrogens is 420 g/mol. The zero-order valence-corrected chi connectivity index (χ0v) is 20.2. The fraction of sp³-hybridized carbons (Fsp3) is 0.692. The molecule has 2 saturated heterocycles. The number of carbonyl (C=O) groups excluding carboxylic acids is 2. The highest BCUT2D eigenvalue weighted by atomic mass is 16.6. The molecular formula is C26H40N2O5. The first-order valence-electron chi connectivity index (χ1n) is 12.4. The molecule has 7 heteroatoms. The Bertz CT molecular complexity index is 788. The number of ether oxygens (including phenoxy) is 2. The second kappa shape index (κ2) is 11.4. The van der Waals surface area contributed by atoms with E-state index in [4.69, 9.17) is 15.2 Å². The lowest BCUT2D eigenvalue weighted by molar-refractivity contribution is -0.279. The topological polar surface area (TPSA) is 102 Å². The van der Waals surface area contributed by atoms with Crippen LogP contribution in [0.4, 0.5) is 0 Å². The van der Waals surface area contributed by atoms with Gasteiger partial charge in [-0.1, -0.05) is 44.2 Å². The van der Waals surface area contributed by atoms with Gasteiger partial charge >= 0.3 is 5.97 Å². The van der Waals surface area contributed by atoms with Gasteiger partial charge in [-0.05, 0) is 63.4 Å². The summed E-state index contributed by atoms with van der Waals surface area (Å²) in [4.78, 5) is 27.9. The van der Waals surface area contributed by atoms with E-state index < -0.39 is 18.1 Å². The third kappa shape index (κ3) is 6.55. The van der Waals surface area contributed by atoms with E-state index in [0.29, 0.717) is 25.8 Å². The Morgan fingerprint density at radius 3 is 2.67 bits per heavy atom. The Balaban J connectivity index is 1.63. The monoisotopic (exact) mass is 460 g/mol. The molecule has 2 fully saturated rings. The van der Waals surface area contributed by atoms with Gasteiger partial charge < -0.3 is 25.2 Å². The summed E-state index contributed by atoms with van der Waals surface area (Å²) in [7, 11) is 0. The molecule has 0 radical (unpaired) electrons. The van der Waals surface area contributed by atoms with Crippen molar-refractivity contribution >= 4 is 11.9 Å². The SMILES string of the molecule is CCC(Cc1ccccc1)C(C)OC(=O)C1CCCCN1C(=O)CC1(O)OC(N)CCC1C. The first-order valence-corrected chi connectivity index (χ1v) is 12.4. The minimum absolute atomic E-state index is 0.197. The van der Waals surface area contributed by atoms with Crippen LogP contribution < -0.4 is 5.73 Å². The normalized spacial score (nSPS) is 29.8. The lowest BCUT2D eigenvalue weighted by Gasteiger charge is -2.42. The highest BCUT2D eigenvalue weighted by Crippen LogP contribution is 2.34. The number of nitrogens with two attached hydrogens (primary N) is 1. The molecule has 2 heterocycles. The second-order valence-corrected chi connectivity index (χ2v) is 9.76. The van der Waals surface area contributed by atoms with Crippen LogP contribution in [0.5, 0.6) is 0 Å². The van der Waals surface area contributed by atoms with Gasteiger partial charge in [0.15, 0.2) is 5.79 Å². The van der Waals surface area contributed by atoms with Gasteiger partial charge in [0.05, 0.1) is 6.42 Å². The van der Waals surface area contributed by atoms with Crippen molar-refractivity contribution in [3.63, 3.8) is 0 Å². The van der Waals surface area contributed by atoms with Crippen LogP contribution in [-0.2, 0) is 25.5 Å². The van der Waals surface area contributed by atoms with Gasteiger partial charge in [-0.15, -0.1) is 0 Å². The number of aliphatic hydroxyl groups is 1. The molecule has 0 spiro atoms. The predicted molar refractivity (Wildman–Crippen MR) is 126 cm³/mol. The lowest BCUT2D eigenvalue weighted by Crippen LogP contribution is -2.55. The van der Waals surface area contributed by atoms with Crippen molar-refractivity contribution in [2.75, 3.05) is 6.54 Å². The summed E-state index contributed by atoms with van der Waals surface area (Å²) in [5.74, 6) is -2.26. The molecule has 0 aliphatic carbocycles. The molecule has 0 bridgehead atoms. The molecule has 2 aliphatic rings. The van der Waals surface area contributed by atoms with Crippen molar-refractivity contribution in [3.8, 4) is 0 Å². The van der Waals surface area contributed by atoms with Crippen LogP contribution in [0.1, 0.15) is 71.3 Å². The summed E-state index contributed by atoms with van der Waals surface area (Å²) in [6, 6.07) is 9.57. The molecule has 1 amide bonds. The second-order valence-electron chi connectivity index (χ2n) is 9.76. The predicted octanol–water partition coefficient (Wildman–Crippen LogP) is 3.38. The standard InChI is InChI=1S/C26H40N2O5/c1-4-21(16-20-10-6-5-7-11-20)19(3)32-25(30)22-12-8-9-15-28(22)24(29)17-26(31)18(2)13-14-23(27)33-26/h5-7,10-11,18-19,21-23,31H,4,8-9,12-17,27H2,1-3H3. The van der Waals surface area contributed by atoms with Gasteiger partial charge in [-0.2, -0.15) is 0 Å². The number of rotatable bonds is 8. The number of hydrogen-bond donors (Lipinski definition) is 2. The molecule has 0 aromatic heterocycles. The Kier molecular flexibility index (Phi) is 8.90.